The van der Waals surface area contributed by atoms with Crippen LogP contribution in [0.15, 0.2) is 6.07 Å². The monoisotopic (exact) mass is 230 g/mol. The smallest absolute Gasteiger partial charge is 0.0728 e. The summed E-state index contributed by atoms with van der Waals surface area (Å²) in [6.07, 6.45) is 3.26. The molecule has 0 saturated carbocycles. The molecule has 0 radical (unpaired) electrons. The number of fused-ring (bicyclic) bond motifs is 1. The van der Waals surface area contributed by atoms with Crippen molar-refractivity contribution in [3.05, 3.63) is 32.8 Å². The van der Waals surface area contributed by atoms with Crippen LogP contribution in [-0.4, -0.2) is 7.11 Å². The number of halogens is 2. The standard InChI is InChI=1S/C11H12Cl2O/c1-14-6-7-5-10(12)8-3-2-4-9(8)11(7)13/h5H,2-4,6H2,1H3. The third-order valence-electron chi connectivity index (χ3n) is 2.65. The van der Waals surface area contributed by atoms with Gasteiger partial charge in [0.15, 0.2) is 0 Å². The predicted molar refractivity (Wildman–Crippen MR) is 59.2 cm³/mol. The van der Waals surface area contributed by atoms with Crippen molar-refractivity contribution in [1.82, 2.24) is 0 Å². The number of methoxy groups -OCH3 is 1. The van der Waals surface area contributed by atoms with Crippen LogP contribution in [0.3, 0.4) is 0 Å². The Morgan fingerprint density at radius 3 is 2.71 bits per heavy atom. The molecule has 0 atom stereocenters. The van der Waals surface area contributed by atoms with Crippen molar-refractivity contribution in [2.24, 2.45) is 0 Å². The minimum Gasteiger partial charge on any atom is -0.380 e. The second kappa shape index (κ2) is 4.09. The van der Waals surface area contributed by atoms with E-state index in [0.717, 1.165) is 34.9 Å². The van der Waals surface area contributed by atoms with Crippen molar-refractivity contribution >= 4 is 23.2 Å². The first-order valence-corrected chi connectivity index (χ1v) is 5.47. The summed E-state index contributed by atoms with van der Waals surface area (Å²) in [5.74, 6) is 0. The van der Waals surface area contributed by atoms with Crippen molar-refractivity contribution in [3.63, 3.8) is 0 Å². The van der Waals surface area contributed by atoms with Crippen LogP contribution >= 0.6 is 23.2 Å². The topological polar surface area (TPSA) is 9.23 Å². The Morgan fingerprint density at radius 2 is 2.00 bits per heavy atom. The van der Waals surface area contributed by atoms with Gasteiger partial charge in [-0.3, -0.25) is 0 Å². The zero-order valence-corrected chi connectivity index (χ0v) is 9.58. The SMILES string of the molecule is COCc1cc(Cl)c2c(c1Cl)CCC2. The molecule has 3 heteroatoms. The van der Waals surface area contributed by atoms with Gasteiger partial charge in [-0.2, -0.15) is 0 Å². The Hall–Kier alpha value is -0.240. The summed E-state index contributed by atoms with van der Waals surface area (Å²) in [5.41, 5.74) is 3.46. The Labute approximate surface area is 94.0 Å². The van der Waals surface area contributed by atoms with Gasteiger partial charge in [-0.05, 0) is 42.0 Å². The first-order valence-electron chi connectivity index (χ1n) is 4.71. The number of benzene rings is 1. The highest BCUT2D eigenvalue weighted by Gasteiger charge is 2.19. The van der Waals surface area contributed by atoms with Crippen molar-refractivity contribution in [1.29, 1.82) is 0 Å². The van der Waals surface area contributed by atoms with E-state index >= 15 is 0 Å². The van der Waals surface area contributed by atoms with Crippen molar-refractivity contribution in [2.75, 3.05) is 7.11 Å². The van der Waals surface area contributed by atoms with Crippen LogP contribution in [0.1, 0.15) is 23.1 Å². The fourth-order valence-corrected chi connectivity index (χ4v) is 2.67. The Bertz CT molecular complexity index is 361. The van der Waals surface area contributed by atoms with Crippen LogP contribution in [0.5, 0.6) is 0 Å². The average molecular weight is 231 g/mol. The molecule has 1 aliphatic carbocycles. The summed E-state index contributed by atoms with van der Waals surface area (Å²) >= 11 is 12.4. The van der Waals surface area contributed by atoms with Crippen LogP contribution in [-0.2, 0) is 24.2 Å². The van der Waals surface area contributed by atoms with Gasteiger partial charge in [0.2, 0.25) is 0 Å². The second-order valence-corrected chi connectivity index (χ2v) is 4.36. The lowest BCUT2D eigenvalue weighted by molar-refractivity contribution is 0.185. The van der Waals surface area contributed by atoms with Gasteiger partial charge in [-0.25, -0.2) is 0 Å². The van der Waals surface area contributed by atoms with E-state index in [4.69, 9.17) is 27.9 Å². The van der Waals surface area contributed by atoms with E-state index in [2.05, 4.69) is 0 Å². The maximum atomic E-state index is 6.27. The van der Waals surface area contributed by atoms with Crippen LogP contribution in [0.4, 0.5) is 0 Å². The van der Waals surface area contributed by atoms with E-state index in [1.54, 1.807) is 7.11 Å². The molecule has 0 heterocycles. The molecule has 2 rings (SSSR count). The van der Waals surface area contributed by atoms with E-state index in [0.29, 0.717) is 6.61 Å². The molecule has 1 aliphatic rings. The van der Waals surface area contributed by atoms with Gasteiger partial charge in [-0.1, -0.05) is 23.2 Å². The lowest BCUT2D eigenvalue weighted by Crippen LogP contribution is -1.95. The van der Waals surface area contributed by atoms with E-state index in [9.17, 15) is 0 Å². The lowest BCUT2D eigenvalue weighted by atomic mass is 10.1. The number of rotatable bonds is 2. The molecule has 14 heavy (non-hydrogen) atoms. The summed E-state index contributed by atoms with van der Waals surface area (Å²) in [6, 6.07) is 1.93. The molecule has 1 aromatic rings. The largest absolute Gasteiger partial charge is 0.380 e. The zero-order valence-electron chi connectivity index (χ0n) is 8.07. The van der Waals surface area contributed by atoms with Gasteiger partial charge in [0.25, 0.3) is 0 Å². The highest BCUT2D eigenvalue weighted by Crippen LogP contribution is 2.36. The van der Waals surface area contributed by atoms with Crippen LogP contribution in [0, 0.1) is 0 Å². The molecular weight excluding hydrogens is 219 g/mol. The van der Waals surface area contributed by atoms with E-state index in [1.165, 1.54) is 11.1 Å². The highest BCUT2D eigenvalue weighted by atomic mass is 35.5. The van der Waals surface area contributed by atoms with E-state index < -0.39 is 0 Å². The first-order chi connectivity index (χ1) is 6.74. The van der Waals surface area contributed by atoms with Crippen molar-refractivity contribution in [3.8, 4) is 0 Å². The molecule has 0 saturated heterocycles. The fourth-order valence-electron chi connectivity index (χ4n) is 2.01. The minimum absolute atomic E-state index is 0.534. The van der Waals surface area contributed by atoms with Crippen molar-refractivity contribution in [2.45, 2.75) is 25.9 Å². The first kappa shape index (κ1) is 10.3. The van der Waals surface area contributed by atoms with Gasteiger partial charge in [0.05, 0.1) is 6.61 Å². The molecule has 0 N–H and O–H groups in total. The normalized spacial score (nSPS) is 14.5. The van der Waals surface area contributed by atoms with Crippen LogP contribution in [0.25, 0.3) is 0 Å². The summed E-state index contributed by atoms with van der Waals surface area (Å²) in [4.78, 5) is 0. The van der Waals surface area contributed by atoms with Gasteiger partial charge >= 0.3 is 0 Å². The van der Waals surface area contributed by atoms with Gasteiger partial charge < -0.3 is 4.74 Å². The molecule has 1 nitrogen and oxygen atoms in total. The quantitative estimate of drug-likeness (QED) is 0.755. The van der Waals surface area contributed by atoms with Crippen molar-refractivity contribution < 1.29 is 4.74 Å². The second-order valence-electron chi connectivity index (χ2n) is 3.58. The van der Waals surface area contributed by atoms with Gasteiger partial charge in [-0.15, -0.1) is 0 Å². The third kappa shape index (κ3) is 1.65. The predicted octanol–water partition coefficient (Wildman–Crippen LogP) is 3.63. The Kier molecular flexibility index (Phi) is 3.01. The summed E-state index contributed by atoms with van der Waals surface area (Å²) in [5, 5.41) is 1.69. The molecular formula is C11H12Cl2O. The molecule has 0 aromatic heterocycles. The maximum Gasteiger partial charge on any atom is 0.0728 e. The summed E-state index contributed by atoms with van der Waals surface area (Å²) in [7, 11) is 1.66. The summed E-state index contributed by atoms with van der Waals surface area (Å²) in [6.45, 7) is 0.534. The number of hydrogen-bond donors (Lipinski definition) is 0. The molecule has 1 aromatic carbocycles. The fraction of sp³-hybridized carbons (Fsp3) is 0.455. The molecule has 0 aliphatic heterocycles. The molecule has 76 valence electrons. The lowest BCUT2D eigenvalue weighted by Gasteiger charge is -2.10. The number of ether oxygens (including phenoxy) is 1. The van der Waals surface area contributed by atoms with Gasteiger partial charge in [0, 0.05) is 17.2 Å². The van der Waals surface area contributed by atoms with E-state index in [-0.39, 0.29) is 0 Å². The average Bonchev–Trinajstić information content (AvgIpc) is 2.63. The minimum atomic E-state index is 0.534. The van der Waals surface area contributed by atoms with Crippen LogP contribution in [0.2, 0.25) is 10.0 Å². The zero-order chi connectivity index (χ0) is 10.1. The molecule has 0 spiro atoms. The molecule has 0 unspecified atom stereocenters. The summed E-state index contributed by atoms with van der Waals surface area (Å²) < 4.78 is 5.08. The highest BCUT2D eigenvalue weighted by molar-refractivity contribution is 6.35. The third-order valence-corrected chi connectivity index (χ3v) is 3.46. The van der Waals surface area contributed by atoms with Crippen LogP contribution < -0.4 is 0 Å². The van der Waals surface area contributed by atoms with E-state index in [1.807, 2.05) is 6.07 Å². The Morgan fingerprint density at radius 1 is 1.29 bits per heavy atom. The Balaban J connectivity index is 2.50. The maximum absolute atomic E-state index is 6.27. The number of hydrogen-bond acceptors (Lipinski definition) is 1. The molecule has 0 fully saturated rings. The molecule has 0 bridgehead atoms. The molecule has 0 amide bonds. The van der Waals surface area contributed by atoms with Gasteiger partial charge in [0.1, 0.15) is 0 Å².